The molecule has 1 aromatic carbocycles. The second kappa shape index (κ2) is 3.41. The number of nitrogens with one attached hydrogen (secondary N) is 1. The van der Waals surface area contributed by atoms with Gasteiger partial charge in [0.15, 0.2) is 0 Å². The van der Waals surface area contributed by atoms with Crippen LogP contribution in [0.4, 0.5) is 14.9 Å². The molecule has 5 nitrogen and oxygen atoms in total. The summed E-state index contributed by atoms with van der Waals surface area (Å²) < 4.78 is 13.1. The molecular weight excluding hydrogens is 215 g/mol. The molecule has 2 rings (SSSR count). The van der Waals surface area contributed by atoms with Gasteiger partial charge in [-0.1, -0.05) is 0 Å². The third-order valence-corrected chi connectivity index (χ3v) is 2.11. The standard InChI is InChI=1S/C10H7FN2O3/c1-5-2-6(11)4-7(3-5)13-9(15)8(14)12-10(13)16/h2-4H,1H3,(H,12,14,16). The quantitative estimate of drug-likeness (QED) is 0.562. The van der Waals surface area contributed by atoms with Gasteiger partial charge in [-0.05, 0) is 30.7 Å². The van der Waals surface area contributed by atoms with Crippen LogP contribution in [0.15, 0.2) is 18.2 Å². The third-order valence-electron chi connectivity index (χ3n) is 2.11. The number of anilines is 1. The largest absolute Gasteiger partial charge is 0.336 e. The first-order valence-electron chi connectivity index (χ1n) is 4.45. The van der Waals surface area contributed by atoms with E-state index in [1.807, 2.05) is 5.32 Å². The lowest BCUT2D eigenvalue weighted by Gasteiger charge is -2.11. The van der Waals surface area contributed by atoms with Crippen LogP contribution in [-0.4, -0.2) is 17.8 Å². The average molecular weight is 222 g/mol. The van der Waals surface area contributed by atoms with Crippen LogP contribution < -0.4 is 10.2 Å². The lowest BCUT2D eigenvalue weighted by atomic mass is 10.2. The first-order chi connectivity index (χ1) is 7.49. The molecule has 0 bridgehead atoms. The minimum absolute atomic E-state index is 0.0471. The van der Waals surface area contributed by atoms with Crippen molar-refractivity contribution in [3.63, 3.8) is 0 Å². The van der Waals surface area contributed by atoms with Crippen LogP contribution in [0, 0.1) is 12.7 Å². The van der Waals surface area contributed by atoms with Crippen molar-refractivity contribution >= 4 is 23.5 Å². The summed E-state index contributed by atoms with van der Waals surface area (Å²) in [6.07, 6.45) is 0. The van der Waals surface area contributed by atoms with Crippen molar-refractivity contribution in [2.75, 3.05) is 4.90 Å². The minimum atomic E-state index is -1.01. The minimum Gasteiger partial charge on any atom is -0.269 e. The molecule has 1 aliphatic heterocycles. The predicted octanol–water partition coefficient (Wildman–Crippen LogP) is 0.717. The van der Waals surface area contributed by atoms with Crippen LogP contribution in [0.25, 0.3) is 0 Å². The van der Waals surface area contributed by atoms with Crippen LogP contribution in [0.2, 0.25) is 0 Å². The predicted molar refractivity (Wildman–Crippen MR) is 52.2 cm³/mol. The summed E-state index contributed by atoms with van der Waals surface area (Å²) in [6.45, 7) is 1.62. The number of hydrogen-bond donors (Lipinski definition) is 1. The zero-order chi connectivity index (χ0) is 11.9. The number of imide groups is 2. The normalized spacial score (nSPS) is 15.6. The zero-order valence-corrected chi connectivity index (χ0v) is 8.28. The highest BCUT2D eigenvalue weighted by atomic mass is 19.1. The monoisotopic (exact) mass is 222 g/mol. The fourth-order valence-corrected chi connectivity index (χ4v) is 1.48. The van der Waals surface area contributed by atoms with Crippen LogP contribution >= 0.6 is 0 Å². The van der Waals surface area contributed by atoms with Crippen molar-refractivity contribution in [3.8, 4) is 0 Å². The molecule has 16 heavy (non-hydrogen) atoms. The summed E-state index contributed by atoms with van der Waals surface area (Å²) in [5, 5.41) is 1.83. The van der Waals surface area contributed by atoms with Gasteiger partial charge in [-0.2, -0.15) is 0 Å². The molecular formula is C10H7FN2O3. The number of urea groups is 1. The Morgan fingerprint density at radius 1 is 1.19 bits per heavy atom. The summed E-state index contributed by atoms with van der Waals surface area (Å²) in [4.78, 5) is 34.1. The Morgan fingerprint density at radius 2 is 1.88 bits per heavy atom. The molecule has 4 amide bonds. The van der Waals surface area contributed by atoms with Crippen molar-refractivity contribution in [2.24, 2.45) is 0 Å². The van der Waals surface area contributed by atoms with Crippen LogP contribution in [0.3, 0.4) is 0 Å². The van der Waals surface area contributed by atoms with Crippen LogP contribution in [-0.2, 0) is 9.59 Å². The van der Waals surface area contributed by atoms with Gasteiger partial charge in [0.1, 0.15) is 5.82 Å². The Hall–Kier alpha value is -2.24. The maximum absolute atomic E-state index is 13.1. The molecule has 0 saturated carbocycles. The Balaban J connectivity index is 2.48. The van der Waals surface area contributed by atoms with Gasteiger partial charge in [0, 0.05) is 0 Å². The van der Waals surface area contributed by atoms with Gasteiger partial charge in [-0.15, -0.1) is 0 Å². The fourth-order valence-electron chi connectivity index (χ4n) is 1.48. The molecule has 1 heterocycles. The number of amides is 4. The topological polar surface area (TPSA) is 66.5 Å². The van der Waals surface area contributed by atoms with Gasteiger partial charge >= 0.3 is 17.8 Å². The summed E-state index contributed by atoms with van der Waals surface area (Å²) >= 11 is 0. The van der Waals surface area contributed by atoms with E-state index in [4.69, 9.17) is 0 Å². The molecule has 6 heteroatoms. The smallest absolute Gasteiger partial charge is 0.269 e. The van der Waals surface area contributed by atoms with E-state index in [9.17, 15) is 18.8 Å². The molecule has 1 aromatic rings. The molecule has 0 unspecified atom stereocenters. The summed E-state index contributed by atoms with van der Waals surface area (Å²) in [5.74, 6) is -2.59. The highest BCUT2D eigenvalue weighted by molar-refractivity contribution is 6.53. The van der Waals surface area contributed by atoms with E-state index in [1.54, 1.807) is 6.92 Å². The van der Waals surface area contributed by atoms with Gasteiger partial charge in [0.25, 0.3) is 0 Å². The molecule has 1 N–H and O–H groups in total. The van der Waals surface area contributed by atoms with Crippen molar-refractivity contribution in [3.05, 3.63) is 29.6 Å². The molecule has 1 aliphatic rings. The lowest BCUT2D eigenvalue weighted by molar-refractivity contribution is -0.134. The summed E-state index contributed by atoms with van der Waals surface area (Å²) in [6, 6.07) is 2.85. The Labute approximate surface area is 89.8 Å². The van der Waals surface area contributed by atoms with Crippen LogP contribution in [0.5, 0.6) is 0 Å². The van der Waals surface area contributed by atoms with E-state index < -0.39 is 23.7 Å². The molecule has 0 spiro atoms. The lowest BCUT2D eigenvalue weighted by Crippen LogP contribution is -2.30. The third kappa shape index (κ3) is 1.54. The van der Waals surface area contributed by atoms with E-state index in [0.717, 1.165) is 6.07 Å². The Bertz CT molecular complexity index is 493. The fraction of sp³-hybridized carbons (Fsp3) is 0.100. The number of hydrogen-bond acceptors (Lipinski definition) is 3. The number of carbonyl (C=O) groups excluding carboxylic acids is 3. The van der Waals surface area contributed by atoms with E-state index in [2.05, 4.69) is 0 Å². The highest BCUT2D eigenvalue weighted by Gasteiger charge is 2.38. The summed E-state index contributed by atoms with van der Waals surface area (Å²) in [7, 11) is 0. The highest BCUT2D eigenvalue weighted by Crippen LogP contribution is 2.20. The molecule has 1 saturated heterocycles. The number of aryl methyl sites for hydroxylation is 1. The molecule has 0 aliphatic carbocycles. The molecule has 0 radical (unpaired) electrons. The molecule has 1 fully saturated rings. The maximum atomic E-state index is 13.1. The Kier molecular flexibility index (Phi) is 2.19. The van der Waals surface area contributed by atoms with Crippen LogP contribution in [0.1, 0.15) is 5.56 Å². The second-order valence-corrected chi connectivity index (χ2v) is 3.39. The summed E-state index contributed by atoms with van der Waals surface area (Å²) in [5.41, 5.74) is 0.598. The van der Waals surface area contributed by atoms with Gasteiger partial charge in [0.2, 0.25) is 0 Å². The molecule has 82 valence electrons. The maximum Gasteiger partial charge on any atom is 0.336 e. The number of rotatable bonds is 1. The van der Waals surface area contributed by atoms with E-state index in [1.165, 1.54) is 12.1 Å². The number of nitrogens with zero attached hydrogens (tertiary/aromatic N) is 1. The van der Waals surface area contributed by atoms with Gasteiger partial charge in [0.05, 0.1) is 5.69 Å². The number of benzene rings is 1. The SMILES string of the molecule is Cc1cc(F)cc(N2C(=O)NC(=O)C2=O)c1. The molecule has 0 atom stereocenters. The van der Waals surface area contributed by atoms with E-state index in [-0.39, 0.29) is 5.69 Å². The first-order valence-corrected chi connectivity index (χ1v) is 4.45. The molecule has 0 aromatic heterocycles. The van der Waals surface area contributed by atoms with Crippen molar-refractivity contribution in [1.29, 1.82) is 0 Å². The van der Waals surface area contributed by atoms with Gasteiger partial charge in [-0.25, -0.2) is 14.1 Å². The van der Waals surface area contributed by atoms with Gasteiger partial charge < -0.3 is 0 Å². The average Bonchev–Trinajstić information content (AvgIpc) is 2.39. The van der Waals surface area contributed by atoms with Crippen molar-refractivity contribution < 1.29 is 18.8 Å². The van der Waals surface area contributed by atoms with Crippen molar-refractivity contribution in [2.45, 2.75) is 6.92 Å². The number of carbonyl (C=O) groups is 3. The first kappa shape index (κ1) is 10.3. The van der Waals surface area contributed by atoms with E-state index in [0.29, 0.717) is 10.5 Å². The second-order valence-electron chi connectivity index (χ2n) is 3.39. The van der Waals surface area contributed by atoms with E-state index >= 15 is 0 Å². The zero-order valence-electron chi connectivity index (χ0n) is 8.28. The van der Waals surface area contributed by atoms with Gasteiger partial charge in [-0.3, -0.25) is 14.9 Å². The number of halogens is 1. The van der Waals surface area contributed by atoms with Crippen molar-refractivity contribution in [1.82, 2.24) is 5.32 Å². The Morgan fingerprint density at radius 3 is 2.38 bits per heavy atom.